The second-order valence-electron chi connectivity index (χ2n) is 5.38. The smallest absolute Gasteiger partial charge is 0.129 e. The summed E-state index contributed by atoms with van der Waals surface area (Å²) in [5.41, 5.74) is 0.134. The van der Waals surface area contributed by atoms with Gasteiger partial charge in [0.1, 0.15) is 12.4 Å². The lowest BCUT2D eigenvalue weighted by Crippen LogP contribution is -2.42. The van der Waals surface area contributed by atoms with Crippen LogP contribution in [0.4, 0.5) is 0 Å². The van der Waals surface area contributed by atoms with Crippen LogP contribution in [0.3, 0.4) is 0 Å². The molecule has 1 aromatic rings. The normalized spacial score (nSPS) is 22.4. The van der Waals surface area contributed by atoms with Crippen molar-refractivity contribution in [2.24, 2.45) is 0 Å². The van der Waals surface area contributed by atoms with Gasteiger partial charge in [-0.05, 0) is 57.2 Å². The van der Waals surface area contributed by atoms with Gasteiger partial charge in [0.25, 0.3) is 0 Å². The zero-order valence-corrected chi connectivity index (χ0v) is 10.3. The maximum Gasteiger partial charge on any atom is 0.129 e. The monoisotopic (exact) mass is 235 g/mol. The van der Waals surface area contributed by atoms with E-state index in [2.05, 4.69) is 5.32 Å². The number of nitrogens with one attached hydrogen (secondary N) is 1. The van der Waals surface area contributed by atoms with Crippen molar-refractivity contribution >= 4 is 0 Å². The van der Waals surface area contributed by atoms with Gasteiger partial charge >= 0.3 is 0 Å². The largest absolute Gasteiger partial charge is 0.467 e. The highest BCUT2D eigenvalue weighted by Gasteiger charge is 2.38. The SMILES string of the molecule is c1coc(COC2(CCNC3CC3)CCC2)c1. The van der Waals surface area contributed by atoms with Crippen LogP contribution in [0.1, 0.15) is 44.3 Å². The first-order valence-corrected chi connectivity index (χ1v) is 6.76. The van der Waals surface area contributed by atoms with Crippen molar-refractivity contribution in [3.05, 3.63) is 24.2 Å². The highest BCUT2D eigenvalue weighted by Crippen LogP contribution is 2.39. The van der Waals surface area contributed by atoms with Crippen LogP contribution < -0.4 is 5.32 Å². The van der Waals surface area contributed by atoms with Crippen molar-refractivity contribution in [3.8, 4) is 0 Å². The zero-order valence-electron chi connectivity index (χ0n) is 10.3. The van der Waals surface area contributed by atoms with E-state index in [-0.39, 0.29) is 5.60 Å². The maximum atomic E-state index is 6.08. The molecule has 0 spiro atoms. The van der Waals surface area contributed by atoms with Crippen molar-refractivity contribution < 1.29 is 9.15 Å². The Balaban J connectivity index is 1.43. The van der Waals surface area contributed by atoms with Crippen LogP contribution in [0.2, 0.25) is 0 Å². The quantitative estimate of drug-likeness (QED) is 0.789. The molecule has 3 rings (SSSR count). The fraction of sp³-hybridized carbons (Fsp3) is 0.714. The lowest BCUT2D eigenvalue weighted by atomic mass is 9.77. The Morgan fingerprint density at radius 3 is 2.88 bits per heavy atom. The van der Waals surface area contributed by atoms with E-state index in [0.29, 0.717) is 6.61 Å². The summed E-state index contributed by atoms with van der Waals surface area (Å²) >= 11 is 0. The van der Waals surface area contributed by atoms with E-state index >= 15 is 0 Å². The van der Waals surface area contributed by atoms with Gasteiger partial charge < -0.3 is 14.5 Å². The molecule has 0 radical (unpaired) electrons. The molecule has 0 aliphatic heterocycles. The zero-order chi connectivity index (χ0) is 11.6. The molecule has 0 bridgehead atoms. The van der Waals surface area contributed by atoms with Crippen molar-refractivity contribution in [3.63, 3.8) is 0 Å². The predicted octanol–water partition coefficient (Wildman–Crippen LogP) is 2.86. The number of rotatable bonds is 7. The van der Waals surface area contributed by atoms with Crippen LogP contribution >= 0.6 is 0 Å². The van der Waals surface area contributed by atoms with Crippen LogP contribution in [0.5, 0.6) is 0 Å². The van der Waals surface area contributed by atoms with Crippen molar-refractivity contribution in [2.75, 3.05) is 6.54 Å². The van der Waals surface area contributed by atoms with Gasteiger partial charge in [0.05, 0.1) is 11.9 Å². The Bertz CT molecular complexity index is 339. The summed E-state index contributed by atoms with van der Waals surface area (Å²) in [4.78, 5) is 0. The van der Waals surface area contributed by atoms with Gasteiger partial charge in [-0.1, -0.05) is 0 Å². The van der Waals surface area contributed by atoms with Crippen LogP contribution in [-0.4, -0.2) is 18.2 Å². The summed E-state index contributed by atoms with van der Waals surface area (Å²) in [5.74, 6) is 0.937. The number of hydrogen-bond acceptors (Lipinski definition) is 3. The third-order valence-corrected chi connectivity index (χ3v) is 3.96. The summed E-state index contributed by atoms with van der Waals surface area (Å²) in [6.07, 6.45) is 9.30. The lowest BCUT2D eigenvalue weighted by molar-refractivity contribution is -0.118. The van der Waals surface area contributed by atoms with E-state index in [1.54, 1.807) is 6.26 Å². The molecule has 94 valence electrons. The molecule has 3 heteroatoms. The predicted molar refractivity (Wildman–Crippen MR) is 65.7 cm³/mol. The topological polar surface area (TPSA) is 34.4 Å². The molecule has 0 saturated heterocycles. The second-order valence-corrected chi connectivity index (χ2v) is 5.38. The molecule has 1 aromatic heterocycles. The Morgan fingerprint density at radius 1 is 1.41 bits per heavy atom. The van der Waals surface area contributed by atoms with E-state index < -0.39 is 0 Å². The minimum Gasteiger partial charge on any atom is -0.467 e. The first kappa shape index (κ1) is 11.3. The van der Waals surface area contributed by atoms with Gasteiger partial charge in [-0.3, -0.25) is 0 Å². The van der Waals surface area contributed by atoms with Crippen molar-refractivity contribution in [1.82, 2.24) is 5.32 Å². The third kappa shape index (κ3) is 2.90. The van der Waals surface area contributed by atoms with Crippen LogP contribution in [0, 0.1) is 0 Å². The molecule has 1 N–H and O–H groups in total. The van der Waals surface area contributed by atoms with Gasteiger partial charge in [0.2, 0.25) is 0 Å². The minimum atomic E-state index is 0.134. The van der Waals surface area contributed by atoms with E-state index in [1.807, 2.05) is 12.1 Å². The molecular formula is C14H21NO2. The van der Waals surface area contributed by atoms with Gasteiger partial charge in [-0.15, -0.1) is 0 Å². The molecule has 1 heterocycles. The average molecular weight is 235 g/mol. The molecule has 2 fully saturated rings. The molecule has 0 amide bonds. The molecule has 0 aromatic carbocycles. The summed E-state index contributed by atoms with van der Waals surface area (Å²) in [6.45, 7) is 1.72. The van der Waals surface area contributed by atoms with Gasteiger partial charge in [-0.25, -0.2) is 0 Å². The van der Waals surface area contributed by atoms with Crippen LogP contribution in [0.15, 0.2) is 22.8 Å². The average Bonchev–Trinajstić information content (AvgIpc) is 2.95. The molecule has 3 nitrogen and oxygen atoms in total. The summed E-state index contributed by atoms with van der Waals surface area (Å²) in [5, 5.41) is 3.57. The van der Waals surface area contributed by atoms with Crippen LogP contribution in [-0.2, 0) is 11.3 Å². The molecule has 17 heavy (non-hydrogen) atoms. The standard InChI is InChI=1S/C14H21NO2/c1-3-13(16-10-1)11-17-14(6-2-7-14)8-9-15-12-4-5-12/h1,3,10,12,15H,2,4-9,11H2. The third-order valence-electron chi connectivity index (χ3n) is 3.96. The van der Waals surface area contributed by atoms with E-state index in [1.165, 1.54) is 32.1 Å². The highest BCUT2D eigenvalue weighted by atomic mass is 16.5. The minimum absolute atomic E-state index is 0.134. The van der Waals surface area contributed by atoms with Crippen molar-refractivity contribution in [2.45, 2.75) is 56.8 Å². The van der Waals surface area contributed by atoms with Crippen LogP contribution in [0.25, 0.3) is 0 Å². The molecular weight excluding hydrogens is 214 g/mol. The van der Waals surface area contributed by atoms with E-state index in [9.17, 15) is 0 Å². The fourth-order valence-electron chi connectivity index (χ4n) is 2.45. The molecule has 0 atom stereocenters. The Hall–Kier alpha value is -0.800. The Kier molecular flexibility index (Phi) is 3.21. The summed E-state index contributed by atoms with van der Waals surface area (Å²) < 4.78 is 11.4. The van der Waals surface area contributed by atoms with E-state index in [0.717, 1.165) is 24.8 Å². The van der Waals surface area contributed by atoms with Gasteiger partial charge in [0.15, 0.2) is 0 Å². The molecule has 2 aliphatic carbocycles. The number of ether oxygens (including phenoxy) is 1. The lowest BCUT2D eigenvalue weighted by Gasteiger charge is -2.41. The Labute approximate surface area is 103 Å². The van der Waals surface area contributed by atoms with Gasteiger partial charge in [0, 0.05) is 6.04 Å². The number of hydrogen-bond donors (Lipinski definition) is 1. The Morgan fingerprint density at radius 2 is 2.29 bits per heavy atom. The maximum absolute atomic E-state index is 6.08. The fourth-order valence-corrected chi connectivity index (χ4v) is 2.45. The number of furan rings is 1. The first-order chi connectivity index (χ1) is 8.36. The van der Waals surface area contributed by atoms with Crippen molar-refractivity contribution in [1.29, 1.82) is 0 Å². The second kappa shape index (κ2) is 4.83. The molecule has 0 unspecified atom stereocenters. The van der Waals surface area contributed by atoms with Gasteiger partial charge in [-0.2, -0.15) is 0 Å². The summed E-state index contributed by atoms with van der Waals surface area (Å²) in [6, 6.07) is 4.70. The summed E-state index contributed by atoms with van der Waals surface area (Å²) in [7, 11) is 0. The first-order valence-electron chi connectivity index (χ1n) is 6.76. The highest BCUT2D eigenvalue weighted by molar-refractivity contribution is 4.98. The molecule has 2 aliphatic rings. The van der Waals surface area contributed by atoms with E-state index in [4.69, 9.17) is 9.15 Å². The molecule has 2 saturated carbocycles.